The summed E-state index contributed by atoms with van der Waals surface area (Å²) < 4.78 is 0. The molecule has 1 rings (SSSR count). The van der Waals surface area contributed by atoms with Gasteiger partial charge in [-0.25, -0.2) is 0 Å². The van der Waals surface area contributed by atoms with Crippen LogP contribution in [-0.2, 0) is 0 Å². The maximum Gasteiger partial charge on any atom is 0.0558 e. The van der Waals surface area contributed by atoms with Crippen molar-refractivity contribution in [3.8, 4) is 0 Å². The fraction of sp³-hybridized carbons (Fsp3) is 1.00. The van der Waals surface area contributed by atoms with E-state index in [1.165, 1.54) is 0 Å². The monoisotopic (exact) mass is 186 g/mol. The minimum Gasteiger partial charge on any atom is -0.395 e. The largest absolute Gasteiger partial charge is 0.395 e. The summed E-state index contributed by atoms with van der Waals surface area (Å²) >= 11 is 0. The highest BCUT2D eigenvalue weighted by Gasteiger charge is 2.35. The summed E-state index contributed by atoms with van der Waals surface area (Å²) in [7, 11) is 0. The molecule has 1 aliphatic heterocycles. The van der Waals surface area contributed by atoms with Crippen LogP contribution in [0.25, 0.3) is 0 Å². The highest BCUT2D eigenvalue weighted by atomic mass is 16.3. The lowest BCUT2D eigenvalue weighted by Gasteiger charge is -2.48. The zero-order valence-electron chi connectivity index (χ0n) is 9.22. The molecule has 1 fully saturated rings. The van der Waals surface area contributed by atoms with Crippen molar-refractivity contribution in [1.29, 1.82) is 0 Å². The van der Waals surface area contributed by atoms with Crippen molar-refractivity contribution in [3.05, 3.63) is 0 Å². The van der Waals surface area contributed by atoms with Crippen LogP contribution < -0.4 is 5.32 Å². The van der Waals surface area contributed by atoms with Gasteiger partial charge in [0.2, 0.25) is 0 Å². The summed E-state index contributed by atoms with van der Waals surface area (Å²) in [4.78, 5) is 2.32. The third kappa shape index (κ3) is 3.25. The summed E-state index contributed by atoms with van der Waals surface area (Å²) in [5, 5.41) is 12.5. The Balaban J connectivity index is 2.61. The van der Waals surface area contributed by atoms with Crippen molar-refractivity contribution in [1.82, 2.24) is 10.2 Å². The average molecular weight is 186 g/mol. The van der Waals surface area contributed by atoms with Crippen molar-refractivity contribution in [2.24, 2.45) is 0 Å². The van der Waals surface area contributed by atoms with Crippen LogP contribution in [0.3, 0.4) is 0 Å². The summed E-state index contributed by atoms with van der Waals surface area (Å²) in [6.45, 7) is 11.9. The third-order valence-corrected chi connectivity index (χ3v) is 2.33. The minimum absolute atomic E-state index is 0.150. The highest BCUT2D eigenvalue weighted by Crippen LogP contribution is 2.20. The van der Waals surface area contributed by atoms with Crippen LogP contribution in [0.4, 0.5) is 0 Å². The van der Waals surface area contributed by atoms with Gasteiger partial charge in [0, 0.05) is 30.7 Å². The quantitative estimate of drug-likeness (QED) is 0.657. The minimum atomic E-state index is 0.150. The number of nitrogens with one attached hydrogen (secondary N) is 1. The van der Waals surface area contributed by atoms with Crippen molar-refractivity contribution in [2.75, 3.05) is 26.2 Å². The van der Waals surface area contributed by atoms with Gasteiger partial charge in [-0.1, -0.05) is 0 Å². The van der Waals surface area contributed by atoms with Crippen molar-refractivity contribution in [2.45, 2.75) is 38.8 Å². The zero-order valence-corrected chi connectivity index (χ0v) is 9.22. The first kappa shape index (κ1) is 11.0. The van der Waals surface area contributed by atoms with Crippen LogP contribution in [0.1, 0.15) is 27.7 Å². The Morgan fingerprint density at radius 1 is 1.15 bits per heavy atom. The molecule has 0 saturated carbocycles. The third-order valence-electron chi connectivity index (χ3n) is 2.33. The van der Waals surface area contributed by atoms with E-state index in [1.54, 1.807) is 0 Å². The number of β-amino-alcohol motifs (C(OH)–C–C–N with tert-alkyl or cyclic N) is 1. The topological polar surface area (TPSA) is 35.5 Å². The van der Waals surface area contributed by atoms with Crippen LogP contribution in [0.5, 0.6) is 0 Å². The van der Waals surface area contributed by atoms with Crippen LogP contribution in [0, 0.1) is 0 Å². The van der Waals surface area contributed by atoms with Gasteiger partial charge < -0.3 is 10.4 Å². The standard InChI is InChI=1S/C10H22N2O/c1-9(2)7-12(5-6-13)8-10(3,4)11-9/h11,13H,5-8H2,1-4H3. The Kier molecular flexibility index (Phi) is 3.00. The molecule has 0 aromatic carbocycles. The molecule has 3 heteroatoms. The molecular formula is C10H22N2O. The summed E-state index contributed by atoms with van der Waals surface area (Å²) in [6, 6.07) is 0. The smallest absolute Gasteiger partial charge is 0.0558 e. The van der Waals surface area contributed by atoms with Gasteiger partial charge in [-0.2, -0.15) is 0 Å². The van der Waals surface area contributed by atoms with E-state index in [-0.39, 0.29) is 17.7 Å². The van der Waals surface area contributed by atoms with E-state index in [2.05, 4.69) is 37.9 Å². The number of aliphatic hydroxyl groups excluding tert-OH is 1. The fourth-order valence-corrected chi connectivity index (χ4v) is 2.47. The molecule has 78 valence electrons. The number of hydrogen-bond donors (Lipinski definition) is 2. The van der Waals surface area contributed by atoms with E-state index in [0.717, 1.165) is 19.6 Å². The van der Waals surface area contributed by atoms with Gasteiger partial charge in [0.15, 0.2) is 0 Å². The van der Waals surface area contributed by atoms with Gasteiger partial charge in [-0.15, -0.1) is 0 Å². The molecule has 2 N–H and O–H groups in total. The fourth-order valence-electron chi connectivity index (χ4n) is 2.47. The molecule has 1 aliphatic rings. The molecule has 0 spiro atoms. The van der Waals surface area contributed by atoms with Gasteiger partial charge in [-0.3, -0.25) is 4.90 Å². The van der Waals surface area contributed by atoms with Gasteiger partial charge in [0.05, 0.1) is 6.61 Å². The number of piperazine rings is 1. The van der Waals surface area contributed by atoms with E-state index in [1.807, 2.05) is 0 Å². The van der Waals surface area contributed by atoms with Crippen LogP contribution in [-0.4, -0.2) is 47.3 Å². The first-order chi connectivity index (χ1) is 5.85. The molecule has 1 saturated heterocycles. The number of rotatable bonds is 2. The molecule has 0 aromatic rings. The maximum atomic E-state index is 8.90. The normalized spacial score (nSPS) is 27.5. The summed E-state index contributed by atoms with van der Waals surface area (Å²) in [5.74, 6) is 0. The van der Waals surface area contributed by atoms with Crippen LogP contribution in [0.2, 0.25) is 0 Å². The van der Waals surface area contributed by atoms with Crippen molar-refractivity contribution in [3.63, 3.8) is 0 Å². The molecule has 0 amide bonds. The number of nitrogens with zero attached hydrogens (tertiary/aromatic N) is 1. The van der Waals surface area contributed by atoms with Gasteiger partial charge in [-0.05, 0) is 27.7 Å². The molecule has 13 heavy (non-hydrogen) atoms. The number of aliphatic hydroxyl groups is 1. The predicted molar refractivity (Wildman–Crippen MR) is 54.8 cm³/mol. The Morgan fingerprint density at radius 3 is 2.00 bits per heavy atom. The first-order valence-corrected chi connectivity index (χ1v) is 4.97. The Hall–Kier alpha value is -0.120. The molecule has 3 nitrogen and oxygen atoms in total. The van der Waals surface area contributed by atoms with Crippen LogP contribution in [0.15, 0.2) is 0 Å². The molecule has 0 bridgehead atoms. The van der Waals surface area contributed by atoms with Gasteiger partial charge in [0.25, 0.3) is 0 Å². The van der Waals surface area contributed by atoms with E-state index < -0.39 is 0 Å². The molecule has 0 radical (unpaired) electrons. The Bertz CT molecular complexity index is 162. The molecule has 0 aromatic heterocycles. The second kappa shape index (κ2) is 3.56. The lowest BCUT2D eigenvalue weighted by atomic mass is 9.91. The second-order valence-corrected chi connectivity index (χ2v) is 5.33. The van der Waals surface area contributed by atoms with E-state index >= 15 is 0 Å². The summed E-state index contributed by atoms with van der Waals surface area (Å²) in [5.41, 5.74) is 0.299. The highest BCUT2D eigenvalue weighted by molar-refractivity contribution is 4.97. The maximum absolute atomic E-state index is 8.90. The van der Waals surface area contributed by atoms with Crippen LogP contribution >= 0.6 is 0 Å². The van der Waals surface area contributed by atoms with E-state index in [9.17, 15) is 0 Å². The van der Waals surface area contributed by atoms with Crippen molar-refractivity contribution >= 4 is 0 Å². The van der Waals surface area contributed by atoms with Gasteiger partial charge in [0.1, 0.15) is 0 Å². The molecule has 1 heterocycles. The predicted octanol–water partition coefficient (Wildman–Crippen LogP) is 0.441. The lowest BCUT2D eigenvalue weighted by molar-refractivity contribution is 0.0648. The average Bonchev–Trinajstić information content (AvgIpc) is 1.78. The Morgan fingerprint density at radius 2 is 1.62 bits per heavy atom. The van der Waals surface area contributed by atoms with Gasteiger partial charge >= 0.3 is 0 Å². The Labute approximate surface area is 81.1 Å². The van der Waals surface area contributed by atoms with E-state index in [4.69, 9.17) is 5.11 Å². The SMILES string of the molecule is CC1(C)CN(CCO)CC(C)(C)N1. The first-order valence-electron chi connectivity index (χ1n) is 4.97. The second-order valence-electron chi connectivity index (χ2n) is 5.33. The molecule has 0 aliphatic carbocycles. The summed E-state index contributed by atoms with van der Waals surface area (Å²) in [6.07, 6.45) is 0. The zero-order chi connectivity index (χ0) is 10.1. The lowest BCUT2D eigenvalue weighted by Crippen LogP contribution is -2.66. The molecular weight excluding hydrogens is 164 g/mol. The molecule has 0 unspecified atom stereocenters. The molecule has 0 atom stereocenters. The van der Waals surface area contributed by atoms with E-state index in [0.29, 0.717) is 0 Å². The number of hydrogen-bond acceptors (Lipinski definition) is 3. The van der Waals surface area contributed by atoms with Crippen molar-refractivity contribution < 1.29 is 5.11 Å².